The fourth-order valence-corrected chi connectivity index (χ4v) is 3.07. The van der Waals surface area contributed by atoms with Gasteiger partial charge < -0.3 is 29.5 Å². The van der Waals surface area contributed by atoms with Gasteiger partial charge in [0.1, 0.15) is 41.5 Å². The number of phenols is 1. The summed E-state index contributed by atoms with van der Waals surface area (Å²) >= 11 is 0. The molecule has 27 heavy (non-hydrogen) atoms. The second-order valence-electron chi connectivity index (χ2n) is 6.69. The summed E-state index contributed by atoms with van der Waals surface area (Å²) in [6.07, 6.45) is -1.74. The van der Waals surface area contributed by atoms with Crippen LogP contribution in [0, 0.1) is 0 Å². The molecule has 0 saturated carbocycles. The largest absolute Gasteiger partial charge is 0.507 e. The fraction of sp³-hybridized carbons (Fsp3) is 0.474. The molecule has 3 rings (SSSR count). The lowest BCUT2D eigenvalue weighted by Gasteiger charge is -2.17. The molecular weight excluding hydrogens is 356 g/mol. The highest BCUT2D eigenvalue weighted by atomic mass is 16.6. The molecule has 0 bridgehead atoms. The van der Waals surface area contributed by atoms with E-state index in [4.69, 9.17) is 14.2 Å². The summed E-state index contributed by atoms with van der Waals surface area (Å²) < 4.78 is 16.0. The Morgan fingerprint density at radius 1 is 1.22 bits per heavy atom. The van der Waals surface area contributed by atoms with Crippen molar-refractivity contribution in [1.29, 1.82) is 0 Å². The first-order valence-electron chi connectivity index (χ1n) is 8.64. The molecular formula is C19H22O8. The first kappa shape index (κ1) is 19.3. The molecule has 1 unspecified atom stereocenters. The van der Waals surface area contributed by atoms with Crippen molar-refractivity contribution in [3.8, 4) is 11.5 Å². The molecule has 2 aliphatic heterocycles. The van der Waals surface area contributed by atoms with Gasteiger partial charge in [0.05, 0.1) is 13.2 Å². The van der Waals surface area contributed by atoms with E-state index >= 15 is 0 Å². The lowest BCUT2D eigenvalue weighted by molar-refractivity contribution is -0.131. The van der Waals surface area contributed by atoms with E-state index in [1.807, 2.05) is 0 Å². The minimum Gasteiger partial charge on any atom is -0.507 e. The van der Waals surface area contributed by atoms with Crippen LogP contribution in [-0.2, 0) is 14.3 Å². The number of hydrogen-bond acceptors (Lipinski definition) is 8. The molecule has 0 aliphatic carbocycles. The van der Waals surface area contributed by atoms with Gasteiger partial charge in [-0.2, -0.15) is 0 Å². The van der Waals surface area contributed by atoms with Gasteiger partial charge in [0, 0.05) is 24.5 Å². The predicted molar refractivity (Wildman–Crippen MR) is 92.5 cm³/mol. The zero-order valence-corrected chi connectivity index (χ0v) is 15.0. The molecule has 3 N–H and O–H groups in total. The van der Waals surface area contributed by atoms with Gasteiger partial charge in [-0.05, 0) is 13.0 Å². The van der Waals surface area contributed by atoms with Crippen molar-refractivity contribution in [3.63, 3.8) is 0 Å². The molecule has 2 heterocycles. The number of aliphatic hydroxyl groups is 2. The maximum Gasteiger partial charge on any atom is 0.342 e. The number of epoxide rings is 1. The van der Waals surface area contributed by atoms with Gasteiger partial charge in [0.2, 0.25) is 0 Å². The minimum atomic E-state index is -1.56. The quantitative estimate of drug-likeness (QED) is 0.376. The van der Waals surface area contributed by atoms with Crippen molar-refractivity contribution in [2.24, 2.45) is 0 Å². The first-order chi connectivity index (χ1) is 12.8. The smallest absolute Gasteiger partial charge is 0.342 e. The number of cyclic esters (lactones) is 1. The Bertz CT molecular complexity index is 771. The maximum atomic E-state index is 12.6. The number of carbonyl (C=O) groups is 2. The van der Waals surface area contributed by atoms with Crippen LogP contribution >= 0.6 is 0 Å². The monoisotopic (exact) mass is 378 g/mol. The fourth-order valence-electron chi connectivity index (χ4n) is 3.07. The zero-order chi connectivity index (χ0) is 19.7. The van der Waals surface area contributed by atoms with Crippen molar-refractivity contribution in [1.82, 2.24) is 0 Å². The van der Waals surface area contributed by atoms with Gasteiger partial charge in [0.15, 0.2) is 5.78 Å². The van der Waals surface area contributed by atoms with Crippen LogP contribution in [0.4, 0.5) is 0 Å². The number of aromatic hydroxyl groups is 1. The molecule has 2 aliphatic rings. The van der Waals surface area contributed by atoms with E-state index in [1.165, 1.54) is 25.3 Å². The third-order valence-electron chi connectivity index (χ3n) is 4.62. The van der Waals surface area contributed by atoms with Crippen LogP contribution in [0.25, 0.3) is 0 Å². The molecule has 0 amide bonds. The first-order valence-corrected chi connectivity index (χ1v) is 8.64. The van der Waals surface area contributed by atoms with Gasteiger partial charge >= 0.3 is 5.97 Å². The highest BCUT2D eigenvalue weighted by Crippen LogP contribution is 2.46. The number of methoxy groups -OCH3 is 1. The summed E-state index contributed by atoms with van der Waals surface area (Å²) in [6.45, 7) is 1.65. The number of aliphatic hydroxyl groups excluding tert-OH is 2. The number of ketones is 1. The van der Waals surface area contributed by atoms with Crippen LogP contribution in [-0.4, -0.2) is 58.6 Å². The van der Waals surface area contributed by atoms with E-state index in [-0.39, 0.29) is 24.2 Å². The molecule has 0 aromatic heterocycles. The van der Waals surface area contributed by atoms with Crippen LogP contribution in [0.3, 0.4) is 0 Å². The standard InChI is InChI=1S/C19H22O8/c1-9-4-3-5-12(20)17(23)14(22)8-15-18(27-15)11-6-10(25-2)7-13(21)16(11)19(24)26-9/h3,5-7,9,12,15,17-18,20-21,23H,4,8H2,1-2H3/t9-,12?,15+,17+,18+/m0/s1. The summed E-state index contributed by atoms with van der Waals surface area (Å²) in [5, 5.41) is 30.2. The number of benzene rings is 1. The average Bonchev–Trinajstić information content (AvgIpc) is 3.38. The number of phenolic OH excluding ortho intramolecular Hbond substituents is 1. The van der Waals surface area contributed by atoms with Crippen molar-refractivity contribution >= 4 is 11.8 Å². The topological polar surface area (TPSA) is 126 Å². The number of hydrogen-bond donors (Lipinski definition) is 3. The molecule has 146 valence electrons. The molecule has 5 atom stereocenters. The number of fused-ring (bicyclic) bond motifs is 3. The predicted octanol–water partition coefficient (Wildman–Crippen LogP) is 1.03. The van der Waals surface area contributed by atoms with Gasteiger partial charge in [-0.15, -0.1) is 0 Å². The third-order valence-corrected chi connectivity index (χ3v) is 4.62. The van der Waals surface area contributed by atoms with Crippen LogP contribution in [0.15, 0.2) is 24.3 Å². The molecule has 1 aromatic rings. The Morgan fingerprint density at radius 3 is 2.67 bits per heavy atom. The molecule has 0 radical (unpaired) electrons. The van der Waals surface area contributed by atoms with Crippen molar-refractivity contribution in [2.45, 2.75) is 50.3 Å². The summed E-state index contributed by atoms with van der Waals surface area (Å²) in [7, 11) is 1.42. The summed E-state index contributed by atoms with van der Waals surface area (Å²) in [5.74, 6) is -1.27. The molecule has 8 heteroatoms. The third kappa shape index (κ3) is 4.13. The zero-order valence-electron chi connectivity index (χ0n) is 15.0. The summed E-state index contributed by atoms with van der Waals surface area (Å²) in [4.78, 5) is 24.8. The Balaban J connectivity index is 1.98. The van der Waals surface area contributed by atoms with Gasteiger partial charge in [-0.1, -0.05) is 12.2 Å². The van der Waals surface area contributed by atoms with E-state index in [9.17, 15) is 24.9 Å². The second kappa shape index (κ2) is 7.67. The molecule has 1 saturated heterocycles. The normalized spacial score (nSPS) is 31.3. The lowest BCUT2D eigenvalue weighted by atomic mass is 9.97. The van der Waals surface area contributed by atoms with E-state index in [0.717, 1.165) is 0 Å². The van der Waals surface area contributed by atoms with E-state index in [2.05, 4.69) is 0 Å². The lowest BCUT2D eigenvalue weighted by Crippen LogP contribution is -2.33. The number of ether oxygens (including phenoxy) is 3. The maximum absolute atomic E-state index is 12.6. The van der Waals surface area contributed by atoms with Crippen LogP contribution < -0.4 is 4.74 Å². The Kier molecular flexibility index (Phi) is 5.50. The molecule has 1 aromatic carbocycles. The van der Waals surface area contributed by atoms with Gasteiger partial charge in [-0.25, -0.2) is 4.79 Å². The molecule has 1 fully saturated rings. The number of carbonyl (C=O) groups excluding carboxylic acids is 2. The van der Waals surface area contributed by atoms with Crippen molar-refractivity contribution in [3.05, 3.63) is 35.4 Å². The van der Waals surface area contributed by atoms with E-state index < -0.39 is 42.3 Å². The number of esters is 1. The summed E-state index contributed by atoms with van der Waals surface area (Å²) in [5.41, 5.74) is 0.314. The van der Waals surface area contributed by atoms with Crippen LogP contribution in [0.2, 0.25) is 0 Å². The minimum absolute atomic E-state index is 0.0378. The van der Waals surface area contributed by atoms with Gasteiger partial charge in [0.25, 0.3) is 0 Å². The Morgan fingerprint density at radius 2 is 1.96 bits per heavy atom. The Labute approximate surface area is 156 Å². The molecule has 8 nitrogen and oxygen atoms in total. The van der Waals surface area contributed by atoms with Crippen molar-refractivity contribution in [2.75, 3.05) is 7.11 Å². The van der Waals surface area contributed by atoms with E-state index in [1.54, 1.807) is 13.0 Å². The Hall–Kier alpha value is -2.42. The highest BCUT2D eigenvalue weighted by molar-refractivity contribution is 5.95. The van der Waals surface area contributed by atoms with Gasteiger partial charge in [-0.3, -0.25) is 4.79 Å². The van der Waals surface area contributed by atoms with Crippen LogP contribution in [0.5, 0.6) is 11.5 Å². The van der Waals surface area contributed by atoms with Crippen molar-refractivity contribution < 1.29 is 39.1 Å². The highest BCUT2D eigenvalue weighted by Gasteiger charge is 2.45. The van der Waals surface area contributed by atoms with E-state index in [0.29, 0.717) is 11.3 Å². The number of rotatable bonds is 1. The average molecular weight is 378 g/mol. The summed E-state index contributed by atoms with van der Waals surface area (Å²) in [6, 6.07) is 2.85. The number of Topliss-reactive ketones (excluding diaryl/α,β-unsaturated/α-hetero) is 1. The second-order valence-corrected chi connectivity index (χ2v) is 6.69. The SMILES string of the molecule is COc1cc(O)c2c(c1)[C@H]1O[C@@H]1CC(=O)[C@H](O)C(O)C=CC[C@H](C)OC2=O. The van der Waals surface area contributed by atoms with Crippen LogP contribution in [0.1, 0.15) is 41.8 Å². The molecule has 0 spiro atoms.